The van der Waals surface area contributed by atoms with Gasteiger partial charge in [-0.05, 0) is 67.9 Å². The first kappa shape index (κ1) is 33.7. The molecule has 0 aliphatic rings. The Morgan fingerprint density at radius 3 is 1.57 bits per heavy atom. The van der Waals surface area contributed by atoms with Gasteiger partial charge in [0.25, 0.3) is 0 Å². The van der Waals surface area contributed by atoms with Crippen molar-refractivity contribution in [3.05, 3.63) is 94.7 Å². The largest absolute Gasteiger partial charge is 2.00 e. The van der Waals surface area contributed by atoms with Gasteiger partial charge in [-0.1, -0.05) is 107 Å². The number of hydrogen-bond donors (Lipinski definition) is 0. The van der Waals surface area contributed by atoms with E-state index in [9.17, 15) is 0 Å². The molecule has 3 heterocycles. The SMILES string of the molecule is CC(C)(C)c1cc(N=c2cc(C(C)(C)C)cc(-c3cc(C(C)(C)C)ccn3)[n-]2)[c-]c(-c2cc(C(C)(C)C)ccn2)c1.[Pt+2]. The van der Waals surface area contributed by atoms with Crippen molar-refractivity contribution in [1.29, 1.82) is 0 Å². The molecule has 0 fully saturated rings. The van der Waals surface area contributed by atoms with Gasteiger partial charge in [0.15, 0.2) is 0 Å². The second-order valence-electron chi connectivity index (χ2n) is 15.2. The van der Waals surface area contributed by atoms with Crippen LogP contribution in [0.3, 0.4) is 0 Å². The Hall–Kier alpha value is -2.84. The summed E-state index contributed by atoms with van der Waals surface area (Å²) < 4.78 is 0. The molecular formula is C37H46N4Pt. The van der Waals surface area contributed by atoms with Crippen LogP contribution in [-0.4, -0.2) is 9.97 Å². The summed E-state index contributed by atoms with van der Waals surface area (Å²) in [5, 5.41) is 0. The third-order valence-electron chi connectivity index (χ3n) is 7.42. The predicted octanol–water partition coefficient (Wildman–Crippen LogP) is 8.99. The number of pyridine rings is 3. The van der Waals surface area contributed by atoms with Crippen molar-refractivity contribution in [3.8, 4) is 22.6 Å². The van der Waals surface area contributed by atoms with E-state index in [0.29, 0.717) is 5.49 Å². The van der Waals surface area contributed by atoms with Gasteiger partial charge in [-0.25, -0.2) is 0 Å². The van der Waals surface area contributed by atoms with E-state index in [1.54, 1.807) is 0 Å². The number of aromatic nitrogens is 3. The molecule has 0 radical (unpaired) electrons. The minimum absolute atomic E-state index is 0. The second-order valence-corrected chi connectivity index (χ2v) is 15.2. The summed E-state index contributed by atoms with van der Waals surface area (Å²) in [4.78, 5) is 19.5. The fourth-order valence-electron chi connectivity index (χ4n) is 4.53. The topological polar surface area (TPSA) is 52.2 Å². The molecule has 224 valence electrons. The molecule has 42 heavy (non-hydrogen) atoms. The van der Waals surface area contributed by atoms with E-state index in [-0.39, 0.29) is 42.7 Å². The fourth-order valence-corrected chi connectivity index (χ4v) is 4.53. The molecule has 4 nitrogen and oxygen atoms in total. The van der Waals surface area contributed by atoms with E-state index in [2.05, 4.69) is 138 Å². The normalized spacial score (nSPS) is 13.2. The molecule has 3 aromatic heterocycles. The Labute approximate surface area is 267 Å². The zero-order valence-electron chi connectivity index (χ0n) is 27.4. The third-order valence-corrected chi connectivity index (χ3v) is 7.42. The van der Waals surface area contributed by atoms with Crippen molar-refractivity contribution in [1.82, 2.24) is 15.0 Å². The molecule has 4 rings (SSSR count). The third kappa shape index (κ3) is 8.16. The summed E-state index contributed by atoms with van der Waals surface area (Å²) in [6.45, 7) is 26.6. The molecule has 0 spiro atoms. The van der Waals surface area contributed by atoms with Crippen LogP contribution in [0.25, 0.3) is 22.6 Å². The van der Waals surface area contributed by atoms with Crippen LogP contribution in [0.5, 0.6) is 0 Å². The maximum Gasteiger partial charge on any atom is 2.00 e. The molecule has 4 aromatic rings. The van der Waals surface area contributed by atoms with Crippen molar-refractivity contribution in [2.45, 2.75) is 105 Å². The zero-order chi connectivity index (χ0) is 30.4. The molecule has 0 aliphatic carbocycles. The van der Waals surface area contributed by atoms with Gasteiger partial charge in [0, 0.05) is 12.4 Å². The Kier molecular flexibility index (Phi) is 9.65. The van der Waals surface area contributed by atoms with Crippen LogP contribution in [0.2, 0.25) is 0 Å². The summed E-state index contributed by atoms with van der Waals surface area (Å²) in [5.41, 5.74) is 9.63. The molecule has 5 heteroatoms. The smallest absolute Gasteiger partial charge is 0.455 e. The van der Waals surface area contributed by atoms with Gasteiger partial charge in [0.2, 0.25) is 0 Å². The molecule has 1 aromatic carbocycles. The zero-order valence-corrected chi connectivity index (χ0v) is 29.7. The molecule has 0 saturated carbocycles. The van der Waals surface area contributed by atoms with Crippen LogP contribution in [0.15, 0.2) is 65.9 Å². The van der Waals surface area contributed by atoms with E-state index in [4.69, 9.17) is 19.9 Å². The van der Waals surface area contributed by atoms with Crippen molar-refractivity contribution >= 4 is 5.69 Å². The minimum atomic E-state index is -0.0803. The first-order valence-electron chi connectivity index (χ1n) is 14.6. The summed E-state index contributed by atoms with van der Waals surface area (Å²) >= 11 is 0. The van der Waals surface area contributed by atoms with Crippen LogP contribution in [0, 0.1) is 6.07 Å². The Morgan fingerprint density at radius 2 is 1.05 bits per heavy atom. The maximum absolute atomic E-state index is 5.08. The second kappa shape index (κ2) is 12.0. The van der Waals surface area contributed by atoms with Gasteiger partial charge in [-0.15, -0.1) is 35.0 Å². The Bertz CT molecular complexity index is 1620. The van der Waals surface area contributed by atoms with Gasteiger partial charge in [0.1, 0.15) is 0 Å². The molecule has 0 bridgehead atoms. The molecule has 0 N–H and O–H groups in total. The average Bonchev–Trinajstić information content (AvgIpc) is 2.86. The molecule has 0 saturated heterocycles. The van der Waals surface area contributed by atoms with E-state index >= 15 is 0 Å². The minimum Gasteiger partial charge on any atom is -0.455 e. The Balaban J connectivity index is 0.00000484. The van der Waals surface area contributed by atoms with Crippen molar-refractivity contribution in [2.24, 2.45) is 4.99 Å². The number of benzene rings is 1. The van der Waals surface area contributed by atoms with Gasteiger partial charge in [0.05, 0.1) is 5.69 Å². The number of rotatable bonds is 3. The standard InChI is InChI=1S/C37H46N4.Pt/c1-34(2,3)25-13-15-38-30(20-25)24-17-27(36(7,8)9)19-29(18-24)40-33-23-28(37(10,11)12)22-32(41-33)31-21-26(14-16-39-31)35(4,5)6;/h13-17,19-23H,1-12H3;/q-2;+2. The van der Waals surface area contributed by atoms with Gasteiger partial charge in [-0.2, -0.15) is 0 Å². The molecule has 0 unspecified atom stereocenters. The summed E-state index contributed by atoms with van der Waals surface area (Å²) in [6.07, 6.45) is 3.77. The van der Waals surface area contributed by atoms with Crippen LogP contribution in [-0.2, 0) is 42.7 Å². The molecule has 0 atom stereocenters. The van der Waals surface area contributed by atoms with Crippen LogP contribution in [0.1, 0.15) is 105 Å². The van der Waals surface area contributed by atoms with E-state index in [1.165, 1.54) is 16.7 Å². The van der Waals surface area contributed by atoms with Crippen LogP contribution in [0.4, 0.5) is 5.69 Å². The summed E-state index contributed by atoms with van der Waals surface area (Å²) in [7, 11) is 0. The van der Waals surface area contributed by atoms with Gasteiger partial charge in [-0.3, -0.25) is 4.98 Å². The van der Waals surface area contributed by atoms with E-state index < -0.39 is 0 Å². The van der Waals surface area contributed by atoms with E-state index in [1.807, 2.05) is 12.4 Å². The monoisotopic (exact) mass is 741 g/mol. The van der Waals surface area contributed by atoms with Crippen LogP contribution >= 0.6 is 0 Å². The van der Waals surface area contributed by atoms with Crippen molar-refractivity contribution < 1.29 is 21.1 Å². The predicted molar refractivity (Wildman–Crippen MR) is 172 cm³/mol. The first-order valence-corrected chi connectivity index (χ1v) is 14.6. The molecular weight excluding hydrogens is 696 g/mol. The van der Waals surface area contributed by atoms with Gasteiger partial charge >= 0.3 is 21.1 Å². The first-order chi connectivity index (χ1) is 18.8. The fraction of sp³-hybridized carbons (Fsp3) is 0.432. The molecule has 0 aliphatic heterocycles. The number of nitrogens with zero attached hydrogens (tertiary/aromatic N) is 4. The quantitative estimate of drug-likeness (QED) is 0.197. The van der Waals surface area contributed by atoms with E-state index in [0.717, 1.165) is 33.9 Å². The number of hydrogen-bond acceptors (Lipinski definition) is 3. The summed E-state index contributed by atoms with van der Waals surface area (Å²) in [6, 6.07) is 20.6. The van der Waals surface area contributed by atoms with Crippen LogP contribution < -0.4 is 10.5 Å². The average molecular weight is 742 g/mol. The molecule has 0 amide bonds. The maximum atomic E-state index is 5.08. The summed E-state index contributed by atoms with van der Waals surface area (Å²) in [5.74, 6) is 0. The van der Waals surface area contributed by atoms with Crippen molar-refractivity contribution in [2.75, 3.05) is 0 Å². The van der Waals surface area contributed by atoms with Crippen molar-refractivity contribution in [3.63, 3.8) is 0 Å². The van der Waals surface area contributed by atoms with Gasteiger partial charge < -0.3 is 15.0 Å². The Morgan fingerprint density at radius 1 is 0.571 bits per heavy atom.